The fourth-order valence-corrected chi connectivity index (χ4v) is 7.61. The number of nitrogens with one attached hydrogen (secondary N) is 1. The van der Waals surface area contributed by atoms with E-state index in [-0.39, 0.29) is 35.5 Å². The molecule has 1 aliphatic heterocycles. The van der Waals surface area contributed by atoms with Crippen molar-refractivity contribution < 1.29 is 33.7 Å². The van der Waals surface area contributed by atoms with Gasteiger partial charge in [0, 0.05) is 29.4 Å². The van der Waals surface area contributed by atoms with Gasteiger partial charge >= 0.3 is 11.9 Å². The quantitative estimate of drug-likeness (QED) is 0.339. The highest BCUT2D eigenvalue weighted by molar-refractivity contribution is 5.86. The second-order valence-corrected chi connectivity index (χ2v) is 11.4. The molecule has 4 aliphatic carbocycles. The van der Waals surface area contributed by atoms with Crippen molar-refractivity contribution in [3.05, 3.63) is 35.4 Å². The maximum absolute atomic E-state index is 12.9. The number of carbonyl (C=O) groups is 3. The molecule has 9 heteroatoms. The van der Waals surface area contributed by atoms with E-state index in [9.17, 15) is 19.5 Å². The van der Waals surface area contributed by atoms with Crippen LogP contribution in [0.4, 0.5) is 0 Å². The van der Waals surface area contributed by atoms with Gasteiger partial charge in [0.15, 0.2) is 17.6 Å². The summed E-state index contributed by atoms with van der Waals surface area (Å²) in [6.07, 6.45) is 4.39. The smallest absolute Gasteiger partial charge is 0.326 e. The number of hydrogen-bond donors (Lipinski definition) is 3. The second-order valence-electron chi connectivity index (χ2n) is 11.4. The molecule has 37 heavy (non-hydrogen) atoms. The molecular formula is C28H36N2O7. The number of hydrogen-bond acceptors (Lipinski definition) is 7. The van der Waals surface area contributed by atoms with Crippen molar-refractivity contribution in [3.63, 3.8) is 0 Å². The van der Waals surface area contributed by atoms with Crippen molar-refractivity contribution in [2.24, 2.45) is 28.9 Å². The Bertz CT molecular complexity index is 1160. The zero-order chi connectivity index (χ0) is 26.7. The number of methoxy groups -OCH3 is 1. The minimum atomic E-state index is -1.11. The van der Waals surface area contributed by atoms with E-state index in [0.29, 0.717) is 18.2 Å². The topological polar surface area (TPSA) is 137 Å². The van der Waals surface area contributed by atoms with E-state index >= 15 is 0 Å². The molecule has 1 saturated carbocycles. The van der Waals surface area contributed by atoms with Crippen molar-refractivity contribution in [2.75, 3.05) is 13.7 Å². The predicted molar refractivity (Wildman–Crippen MR) is 134 cm³/mol. The zero-order valence-electron chi connectivity index (χ0n) is 21.8. The first-order valence-corrected chi connectivity index (χ1v) is 13.1. The Hall–Kier alpha value is -3.07. The number of aliphatic carboxylic acids is 1. The molecule has 1 spiro atoms. The number of carbonyl (C=O) groups excluding carboxylic acids is 2. The van der Waals surface area contributed by atoms with Gasteiger partial charge in [-0.25, -0.2) is 4.79 Å². The van der Waals surface area contributed by atoms with Crippen LogP contribution in [-0.4, -0.2) is 54.9 Å². The normalized spacial score (nSPS) is 32.9. The Balaban J connectivity index is 1.37. The van der Waals surface area contributed by atoms with E-state index in [4.69, 9.17) is 19.9 Å². The predicted octanol–water partition coefficient (Wildman–Crippen LogP) is 2.34. The highest BCUT2D eigenvalue weighted by Crippen LogP contribution is 2.74. The van der Waals surface area contributed by atoms with Gasteiger partial charge in [0.1, 0.15) is 12.1 Å². The van der Waals surface area contributed by atoms with Crippen LogP contribution in [0.2, 0.25) is 0 Å². The first-order valence-electron chi connectivity index (χ1n) is 13.1. The van der Waals surface area contributed by atoms with Gasteiger partial charge in [-0.15, -0.1) is 0 Å². The van der Waals surface area contributed by atoms with Crippen molar-refractivity contribution in [2.45, 2.75) is 70.1 Å². The number of esters is 1. The number of rotatable bonds is 9. The molecule has 2 bridgehead atoms. The number of ether oxygens (including phenoxy) is 3. The van der Waals surface area contributed by atoms with Gasteiger partial charge < -0.3 is 30.4 Å². The third-order valence-electron chi connectivity index (χ3n) is 8.92. The fraction of sp³-hybridized carbons (Fsp3) is 0.607. The molecule has 1 aromatic carbocycles. The van der Waals surface area contributed by atoms with Crippen LogP contribution in [0.1, 0.15) is 51.2 Å². The third kappa shape index (κ3) is 3.73. The molecule has 9 nitrogen and oxygen atoms in total. The summed E-state index contributed by atoms with van der Waals surface area (Å²) >= 11 is 0. The summed E-state index contributed by atoms with van der Waals surface area (Å²) in [5.74, 6) is -0.389. The molecule has 200 valence electrons. The van der Waals surface area contributed by atoms with Crippen LogP contribution in [0.15, 0.2) is 24.3 Å². The maximum Gasteiger partial charge on any atom is 0.326 e. The van der Waals surface area contributed by atoms with Crippen LogP contribution in [0, 0.1) is 23.2 Å². The molecule has 7 atom stereocenters. The van der Waals surface area contributed by atoms with Crippen molar-refractivity contribution >= 4 is 17.8 Å². The number of carboxylic acids is 1. The molecule has 5 aliphatic rings. The number of fused-ring (bicyclic) bond motifs is 1. The number of carboxylic acid groups (broad SMARTS) is 1. The van der Waals surface area contributed by atoms with Crippen LogP contribution in [0.5, 0.6) is 11.5 Å². The Morgan fingerprint density at radius 2 is 2.03 bits per heavy atom. The van der Waals surface area contributed by atoms with E-state index < -0.39 is 36.1 Å². The maximum atomic E-state index is 12.9. The lowest BCUT2D eigenvalue weighted by Gasteiger charge is -2.65. The SMILES string of the molecule is COc1ccc2c3c1OC1C(OC(=O)CCC(=O)NC(C(=O)O)C(C)C)C=CC4(CN)CC31C4C(C)C2. The summed E-state index contributed by atoms with van der Waals surface area (Å²) < 4.78 is 18.2. The van der Waals surface area contributed by atoms with Crippen LogP contribution >= 0.6 is 0 Å². The number of benzene rings is 1. The van der Waals surface area contributed by atoms with E-state index in [0.717, 1.165) is 18.6 Å². The van der Waals surface area contributed by atoms with Crippen molar-refractivity contribution in [1.82, 2.24) is 5.32 Å². The summed E-state index contributed by atoms with van der Waals surface area (Å²) in [7, 11) is 1.62. The minimum Gasteiger partial charge on any atom is -0.493 e. The molecule has 7 unspecified atom stereocenters. The molecule has 1 fully saturated rings. The molecule has 4 N–H and O–H groups in total. The van der Waals surface area contributed by atoms with Gasteiger partial charge in [-0.1, -0.05) is 32.9 Å². The standard InChI is InChI=1S/C28H36N2O7/c1-14(2)22(26(33)34)30-19(31)7-8-20(32)36-18-9-10-27(13-29)12-28-21-16(11-15(3)24(27)28)5-6-17(35-4)23(21)37-25(18)28/h5-6,9-10,14-15,18,22,24-25H,7-8,11-13,29H2,1-4H3,(H,30,31)(H,33,34). The lowest BCUT2D eigenvalue weighted by Crippen LogP contribution is -2.69. The molecule has 0 aromatic heterocycles. The molecule has 0 saturated heterocycles. The number of nitrogens with two attached hydrogens (primary N) is 1. The van der Waals surface area contributed by atoms with Gasteiger partial charge in [-0.3, -0.25) is 9.59 Å². The molecule has 1 heterocycles. The van der Waals surface area contributed by atoms with E-state index in [1.54, 1.807) is 21.0 Å². The summed E-state index contributed by atoms with van der Waals surface area (Å²) in [6, 6.07) is 3.05. The van der Waals surface area contributed by atoms with E-state index in [2.05, 4.69) is 24.4 Å². The lowest BCUT2D eigenvalue weighted by molar-refractivity contribution is -0.161. The summed E-state index contributed by atoms with van der Waals surface area (Å²) in [4.78, 5) is 36.6. The van der Waals surface area contributed by atoms with Gasteiger partial charge in [-0.2, -0.15) is 0 Å². The van der Waals surface area contributed by atoms with Crippen LogP contribution < -0.4 is 20.5 Å². The van der Waals surface area contributed by atoms with Crippen LogP contribution in [0.25, 0.3) is 0 Å². The Morgan fingerprint density at radius 1 is 1.27 bits per heavy atom. The first kappa shape index (κ1) is 25.6. The van der Waals surface area contributed by atoms with Gasteiger partial charge in [0.25, 0.3) is 0 Å². The molecule has 1 aromatic rings. The highest BCUT2D eigenvalue weighted by Gasteiger charge is 2.74. The highest BCUT2D eigenvalue weighted by atomic mass is 16.6. The van der Waals surface area contributed by atoms with Gasteiger partial charge in [0.2, 0.25) is 5.91 Å². The van der Waals surface area contributed by atoms with Crippen molar-refractivity contribution in [3.8, 4) is 11.5 Å². The van der Waals surface area contributed by atoms with Crippen molar-refractivity contribution in [1.29, 1.82) is 0 Å². The summed E-state index contributed by atoms with van der Waals surface area (Å²) in [5, 5.41) is 11.8. The van der Waals surface area contributed by atoms with Gasteiger partial charge in [0.05, 0.1) is 13.5 Å². The Morgan fingerprint density at radius 3 is 2.68 bits per heavy atom. The van der Waals surface area contributed by atoms with Crippen LogP contribution in [-0.2, 0) is 31.0 Å². The molecular weight excluding hydrogens is 476 g/mol. The minimum absolute atomic E-state index is 0.160. The van der Waals surface area contributed by atoms with E-state index in [1.165, 1.54) is 11.1 Å². The second kappa shape index (κ2) is 9.04. The molecule has 6 rings (SSSR count). The lowest BCUT2D eigenvalue weighted by atomic mass is 9.37. The largest absolute Gasteiger partial charge is 0.493 e. The third-order valence-corrected chi connectivity index (χ3v) is 8.92. The van der Waals surface area contributed by atoms with E-state index in [1.807, 2.05) is 12.1 Å². The Labute approximate surface area is 216 Å². The van der Waals surface area contributed by atoms with Crippen LogP contribution in [0.3, 0.4) is 0 Å². The molecule has 1 amide bonds. The first-order chi connectivity index (χ1) is 17.6. The fourth-order valence-electron chi connectivity index (χ4n) is 7.61. The van der Waals surface area contributed by atoms with Gasteiger partial charge in [-0.05, 0) is 48.3 Å². The number of amides is 1. The summed E-state index contributed by atoms with van der Waals surface area (Å²) in [5.41, 5.74) is 8.25. The summed E-state index contributed by atoms with van der Waals surface area (Å²) in [6.45, 7) is 6.19. The average Bonchev–Trinajstić information content (AvgIpc) is 3.07. The zero-order valence-corrected chi connectivity index (χ0v) is 21.8. The monoisotopic (exact) mass is 512 g/mol. The average molecular weight is 513 g/mol. The Kier molecular flexibility index (Phi) is 6.25. The molecule has 0 radical (unpaired) electrons.